The van der Waals surface area contributed by atoms with Gasteiger partial charge in [-0.15, -0.1) is 0 Å². The lowest BCUT2D eigenvalue weighted by molar-refractivity contribution is 0.0846. The summed E-state index contributed by atoms with van der Waals surface area (Å²) in [5.74, 6) is 0.888. The number of hydrogen-bond donors (Lipinski definition) is 1. The maximum absolute atomic E-state index is 13.0. The van der Waals surface area contributed by atoms with Crippen molar-refractivity contribution in [1.29, 1.82) is 0 Å². The van der Waals surface area contributed by atoms with E-state index in [2.05, 4.69) is 15.3 Å². The number of aryl methyl sites for hydroxylation is 1. The zero-order chi connectivity index (χ0) is 23.7. The summed E-state index contributed by atoms with van der Waals surface area (Å²) < 4.78 is 18.9. The first-order valence-electron chi connectivity index (χ1n) is 11.4. The van der Waals surface area contributed by atoms with Gasteiger partial charge in [-0.05, 0) is 45.7 Å². The standard InChI is InChI=1S/C25H27N5O4/c1-15(2)34-22-11-23-27-19(17-5-8-32-9-6-17)12-30(23)13-20(22)28-24(31)21-14-33-25(29-21)18-4-7-26-16(3)10-18/h4,7,10-15,17H,5-6,8-9H2,1-3H3,(H,28,31). The molecule has 1 fully saturated rings. The van der Waals surface area contributed by atoms with Crippen LogP contribution < -0.4 is 10.1 Å². The van der Waals surface area contributed by atoms with Crippen LogP contribution in [0.25, 0.3) is 17.1 Å². The Morgan fingerprint density at radius 1 is 1.21 bits per heavy atom. The molecule has 9 nitrogen and oxygen atoms in total. The smallest absolute Gasteiger partial charge is 0.277 e. The molecule has 0 saturated carbocycles. The van der Waals surface area contributed by atoms with E-state index in [4.69, 9.17) is 18.9 Å². The highest BCUT2D eigenvalue weighted by Crippen LogP contribution is 2.31. The van der Waals surface area contributed by atoms with Crippen LogP contribution in [0, 0.1) is 6.92 Å². The van der Waals surface area contributed by atoms with Gasteiger partial charge in [0.25, 0.3) is 5.91 Å². The maximum atomic E-state index is 13.0. The molecule has 4 aromatic rings. The summed E-state index contributed by atoms with van der Waals surface area (Å²) in [4.78, 5) is 26.4. The Morgan fingerprint density at radius 3 is 2.79 bits per heavy atom. The van der Waals surface area contributed by atoms with Crippen LogP contribution in [-0.4, -0.2) is 44.6 Å². The van der Waals surface area contributed by atoms with E-state index in [-0.39, 0.29) is 11.8 Å². The molecule has 0 atom stereocenters. The number of anilines is 1. The van der Waals surface area contributed by atoms with Crippen molar-refractivity contribution in [3.05, 3.63) is 60.1 Å². The molecule has 176 valence electrons. The van der Waals surface area contributed by atoms with E-state index in [1.54, 1.807) is 12.3 Å². The van der Waals surface area contributed by atoms with Crippen LogP contribution in [0.15, 0.2) is 47.5 Å². The number of nitrogens with zero attached hydrogens (tertiary/aromatic N) is 4. The lowest BCUT2D eigenvalue weighted by Crippen LogP contribution is -2.15. The van der Waals surface area contributed by atoms with Crippen LogP contribution in [0.5, 0.6) is 5.75 Å². The van der Waals surface area contributed by atoms with Crippen molar-refractivity contribution in [1.82, 2.24) is 19.4 Å². The van der Waals surface area contributed by atoms with Gasteiger partial charge in [-0.2, -0.15) is 0 Å². The minimum atomic E-state index is -0.390. The Labute approximate surface area is 197 Å². The number of amides is 1. The Morgan fingerprint density at radius 2 is 2.03 bits per heavy atom. The predicted molar refractivity (Wildman–Crippen MR) is 126 cm³/mol. The molecule has 4 aromatic heterocycles. The van der Waals surface area contributed by atoms with Gasteiger partial charge in [0.2, 0.25) is 5.89 Å². The molecule has 0 spiro atoms. The van der Waals surface area contributed by atoms with Crippen molar-refractivity contribution in [3.63, 3.8) is 0 Å². The molecular formula is C25H27N5O4. The number of rotatable bonds is 6. The summed E-state index contributed by atoms with van der Waals surface area (Å²) >= 11 is 0. The first-order chi connectivity index (χ1) is 16.5. The van der Waals surface area contributed by atoms with Crippen LogP contribution in [0.1, 0.15) is 54.5 Å². The SMILES string of the molecule is Cc1cc(-c2nc(C(=O)Nc3cn4cc(C5CCOCC5)nc4cc3OC(C)C)co2)ccn1. The quantitative estimate of drug-likeness (QED) is 0.447. The van der Waals surface area contributed by atoms with Crippen LogP contribution in [0.4, 0.5) is 5.69 Å². The van der Waals surface area contributed by atoms with Crippen molar-refractivity contribution in [2.75, 3.05) is 18.5 Å². The Balaban J connectivity index is 1.43. The van der Waals surface area contributed by atoms with E-state index in [1.807, 2.05) is 49.7 Å². The molecule has 1 N–H and O–H groups in total. The molecule has 5 rings (SSSR count). The second-order valence-corrected chi connectivity index (χ2v) is 8.71. The number of pyridine rings is 2. The monoisotopic (exact) mass is 461 g/mol. The zero-order valence-corrected chi connectivity index (χ0v) is 19.4. The van der Waals surface area contributed by atoms with Crippen molar-refractivity contribution < 1.29 is 18.7 Å². The van der Waals surface area contributed by atoms with E-state index in [1.165, 1.54) is 6.26 Å². The van der Waals surface area contributed by atoms with Gasteiger partial charge in [-0.1, -0.05) is 0 Å². The molecule has 0 bridgehead atoms. The fraction of sp³-hybridized carbons (Fsp3) is 0.360. The molecule has 1 saturated heterocycles. The van der Waals surface area contributed by atoms with Gasteiger partial charge in [0.05, 0.1) is 11.8 Å². The van der Waals surface area contributed by atoms with Gasteiger partial charge in [-0.3, -0.25) is 9.78 Å². The summed E-state index contributed by atoms with van der Waals surface area (Å²) in [6.07, 6.45) is 8.70. The minimum absolute atomic E-state index is 0.0726. The number of carbonyl (C=O) groups excluding carboxylic acids is 1. The highest BCUT2D eigenvalue weighted by Gasteiger charge is 2.21. The van der Waals surface area contributed by atoms with Crippen LogP contribution in [-0.2, 0) is 4.74 Å². The van der Waals surface area contributed by atoms with Crippen molar-refractivity contribution in [2.45, 2.75) is 45.6 Å². The van der Waals surface area contributed by atoms with Gasteiger partial charge in [0.15, 0.2) is 5.69 Å². The van der Waals surface area contributed by atoms with Gasteiger partial charge in [-0.25, -0.2) is 9.97 Å². The van der Waals surface area contributed by atoms with Crippen molar-refractivity contribution in [3.8, 4) is 17.2 Å². The summed E-state index contributed by atoms with van der Waals surface area (Å²) in [5.41, 5.74) is 4.10. The zero-order valence-electron chi connectivity index (χ0n) is 19.4. The largest absolute Gasteiger partial charge is 0.489 e. The Hall–Kier alpha value is -3.72. The number of ether oxygens (including phenoxy) is 2. The maximum Gasteiger partial charge on any atom is 0.277 e. The lowest BCUT2D eigenvalue weighted by Gasteiger charge is -2.19. The third kappa shape index (κ3) is 4.65. The highest BCUT2D eigenvalue weighted by molar-refractivity contribution is 6.03. The summed E-state index contributed by atoms with van der Waals surface area (Å²) in [6.45, 7) is 7.27. The average molecular weight is 462 g/mol. The summed E-state index contributed by atoms with van der Waals surface area (Å²) in [6, 6.07) is 5.50. The number of nitrogens with one attached hydrogen (secondary N) is 1. The van der Waals surface area contributed by atoms with Gasteiger partial charge >= 0.3 is 0 Å². The molecule has 1 aliphatic heterocycles. The van der Waals surface area contributed by atoms with E-state index in [0.29, 0.717) is 23.2 Å². The number of fused-ring (bicyclic) bond motifs is 1. The Kier molecular flexibility index (Phi) is 6.02. The molecule has 34 heavy (non-hydrogen) atoms. The molecule has 9 heteroatoms. The molecule has 0 aromatic carbocycles. The van der Waals surface area contributed by atoms with Gasteiger partial charge < -0.3 is 23.6 Å². The molecule has 0 unspecified atom stereocenters. The van der Waals surface area contributed by atoms with Crippen molar-refractivity contribution in [2.24, 2.45) is 0 Å². The fourth-order valence-electron chi connectivity index (χ4n) is 4.05. The number of hydrogen-bond acceptors (Lipinski definition) is 7. The predicted octanol–water partition coefficient (Wildman–Crippen LogP) is 4.63. The summed E-state index contributed by atoms with van der Waals surface area (Å²) in [5, 5.41) is 2.92. The number of carbonyl (C=O) groups is 1. The first kappa shape index (κ1) is 22.1. The minimum Gasteiger partial charge on any atom is -0.489 e. The molecule has 0 radical (unpaired) electrons. The second-order valence-electron chi connectivity index (χ2n) is 8.71. The van der Waals surface area contributed by atoms with Crippen molar-refractivity contribution >= 4 is 17.2 Å². The lowest BCUT2D eigenvalue weighted by atomic mass is 9.97. The highest BCUT2D eigenvalue weighted by atomic mass is 16.5. The molecular weight excluding hydrogens is 434 g/mol. The molecule has 5 heterocycles. The number of aromatic nitrogens is 4. The average Bonchev–Trinajstić information content (AvgIpc) is 3.47. The van der Waals surface area contributed by atoms with E-state index >= 15 is 0 Å². The van der Waals surface area contributed by atoms with Crippen LogP contribution in [0.3, 0.4) is 0 Å². The van der Waals surface area contributed by atoms with Crippen LogP contribution >= 0.6 is 0 Å². The molecule has 1 aliphatic rings. The topological polar surface area (TPSA) is 104 Å². The number of oxazole rings is 1. The third-order valence-electron chi connectivity index (χ3n) is 5.70. The molecule has 1 amide bonds. The second kappa shape index (κ2) is 9.26. The van der Waals surface area contributed by atoms with Gasteiger partial charge in [0, 0.05) is 55.0 Å². The van der Waals surface area contributed by atoms with E-state index < -0.39 is 5.91 Å². The first-order valence-corrected chi connectivity index (χ1v) is 11.4. The molecule has 0 aliphatic carbocycles. The van der Waals surface area contributed by atoms with E-state index in [9.17, 15) is 4.79 Å². The normalized spacial score (nSPS) is 14.6. The fourth-order valence-corrected chi connectivity index (χ4v) is 4.05. The van der Waals surface area contributed by atoms with Crippen LogP contribution in [0.2, 0.25) is 0 Å². The van der Waals surface area contributed by atoms with E-state index in [0.717, 1.165) is 48.7 Å². The summed E-state index contributed by atoms with van der Waals surface area (Å²) in [7, 11) is 0. The Bertz CT molecular complexity index is 1320. The number of imidazole rings is 1. The third-order valence-corrected chi connectivity index (χ3v) is 5.70. The van der Waals surface area contributed by atoms with Gasteiger partial charge in [0.1, 0.15) is 23.3 Å².